The molecule has 102 valence electrons. The van der Waals surface area contributed by atoms with Crippen LogP contribution in [0.15, 0.2) is 30.3 Å². The fourth-order valence-electron chi connectivity index (χ4n) is 2.20. The Hall–Kier alpha value is -1.88. The molecule has 0 radical (unpaired) electrons. The van der Waals surface area contributed by atoms with Gasteiger partial charge in [-0.2, -0.15) is 0 Å². The van der Waals surface area contributed by atoms with Crippen molar-refractivity contribution in [2.45, 2.75) is 18.4 Å². The SMILES string of the molecule is COC(=O)C(CNC1CNC(=O)C1)c1ccccc1. The predicted octanol–water partition coefficient (Wildman–Crippen LogP) is 0.421. The van der Waals surface area contributed by atoms with Crippen molar-refractivity contribution in [3.05, 3.63) is 35.9 Å². The van der Waals surface area contributed by atoms with Gasteiger partial charge in [-0.3, -0.25) is 9.59 Å². The quantitative estimate of drug-likeness (QED) is 0.755. The lowest BCUT2D eigenvalue weighted by atomic mass is 9.99. The molecular formula is C14H18N2O3. The molecule has 1 fully saturated rings. The normalized spacial score (nSPS) is 19.8. The van der Waals surface area contributed by atoms with Crippen LogP contribution in [0.4, 0.5) is 0 Å². The molecule has 1 aromatic rings. The maximum atomic E-state index is 11.8. The number of hydrogen-bond donors (Lipinski definition) is 2. The van der Waals surface area contributed by atoms with Gasteiger partial charge in [-0.15, -0.1) is 0 Å². The smallest absolute Gasteiger partial charge is 0.314 e. The number of benzene rings is 1. The first-order valence-electron chi connectivity index (χ1n) is 6.33. The molecule has 0 bridgehead atoms. The van der Waals surface area contributed by atoms with Gasteiger partial charge in [0, 0.05) is 25.6 Å². The molecule has 5 heteroatoms. The minimum Gasteiger partial charge on any atom is -0.469 e. The molecule has 2 unspecified atom stereocenters. The van der Waals surface area contributed by atoms with Crippen LogP contribution in [0.5, 0.6) is 0 Å². The summed E-state index contributed by atoms with van der Waals surface area (Å²) in [5, 5.41) is 6.00. The van der Waals surface area contributed by atoms with Crippen LogP contribution < -0.4 is 10.6 Å². The lowest BCUT2D eigenvalue weighted by Gasteiger charge is -2.18. The van der Waals surface area contributed by atoms with E-state index < -0.39 is 0 Å². The summed E-state index contributed by atoms with van der Waals surface area (Å²) in [6.45, 7) is 1.08. The highest BCUT2D eigenvalue weighted by Crippen LogP contribution is 2.16. The Bertz CT molecular complexity index is 447. The molecule has 1 aromatic carbocycles. The van der Waals surface area contributed by atoms with Crippen molar-refractivity contribution in [1.82, 2.24) is 10.6 Å². The molecule has 2 atom stereocenters. The number of rotatable bonds is 5. The predicted molar refractivity (Wildman–Crippen MR) is 70.6 cm³/mol. The second-order valence-electron chi connectivity index (χ2n) is 4.60. The zero-order chi connectivity index (χ0) is 13.7. The summed E-state index contributed by atoms with van der Waals surface area (Å²) in [4.78, 5) is 23.0. The molecule has 0 aromatic heterocycles. The van der Waals surface area contributed by atoms with Gasteiger partial charge in [-0.05, 0) is 5.56 Å². The fraction of sp³-hybridized carbons (Fsp3) is 0.429. The van der Waals surface area contributed by atoms with E-state index in [0.717, 1.165) is 5.56 Å². The molecule has 19 heavy (non-hydrogen) atoms. The van der Waals surface area contributed by atoms with Gasteiger partial charge in [0.2, 0.25) is 5.91 Å². The Kier molecular flexibility index (Phi) is 4.52. The topological polar surface area (TPSA) is 67.4 Å². The highest BCUT2D eigenvalue weighted by molar-refractivity contribution is 5.79. The molecule has 0 spiro atoms. The largest absolute Gasteiger partial charge is 0.469 e. The van der Waals surface area contributed by atoms with Gasteiger partial charge in [-0.25, -0.2) is 0 Å². The first-order valence-corrected chi connectivity index (χ1v) is 6.33. The summed E-state index contributed by atoms with van der Waals surface area (Å²) in [5.41, 5.74) is 0.916. The molecule has 0 aliphatic carbocycles. The number of amides is 1. The van der Waals surface area contributed by atoms with Gasteiger partial charge in [0.15, 0.2) is 0 Å². The Morgan fingerprint density at radius 1 is 1.47 bits per heavy atom. The first kappa shape index (κ1) is 13.5. The van der Waals surface area contributed by atoms with Gasteiger partial charge in [-0.1, -0.05) is 30.3 Å². The number of carbonyl (C=O) groups is 2. The Morgan fingerprint density at radius 2 is 2.21 bits per heavy atom. The van der Waals surface area contributed by atoms with Crippen LogP contribution in [0.3, 0.4) is 0 Å². The molecular weight excluding hydrogens is 244 g/mol. The third-order valence-corrected chi connectivity index (χ3v) is 3.28. The monoisotopic (exact) mass is 262 g/mol. The van der Waals surface area contributed by atoms with E-state index in [9.17, 15) is 9.59 Å². The van der Waals surface area contributed by atoms with Gasteiger partial charge in [0.1, 0.15) is 0 Å². The number of ether oxygens (including phenoxy) is 1. The van der Waals surface area contributed by atoms with Crippen LogP contribution in [0.25, 0.3) is 0 Å². The molecule has 1 aliphatic rings. The third kappa shape index (κ3) is 3.54. The van der Waals surface area contributed by atoms with Crippen molar-refractivity contribution < 1.29 is 14.3 Å². The summed E-state index contributed by atoms with van der Waals surface area (Å²) in [7, 11) is 1.39. The number of nitrogens with one attached hydrogen (secondary N) is 2. The summed E-state index contributed by atoms with van der Waals surface area (Å²) < 4.78 is 4.84. The molecule has 1 amide bonds. The minimum atomic E-state index is -0.345. The van der Waals surface area contributed by atoms with E-state index in [1.165, 1.54) is 7.11 Å². The summed E-state index contributed by atoms with van der Waals surface area (Å²) in [5.74, 6) is -0.565. The average molecular weight is 262 g/mol. The Balaban J connectivity index is 1.99. The van der Waals surface area contributed by atoms with Crippen molar-refractivity contribution in [1.29, 1.82) is 0 Å². The second-order valence-corrected chi connectivity index (χ2v) is 4.60. The Labute approximate surface area is 112 Å². The standard InChI is InChI=1S/C14H18N2O3/c1-19-14(18)12(10-5-3-2-4-6-10)9-15-11-7-13(17)16-8-11/h2-6,11-12,15H,7-9H2,1H3,(H,16,17). The van der Waals surface area contributed by atoms with Crippen molar-refractivity contribution in [3.63, 3.8) is 0 Å². The minimum absolute atomic E-state index is 0.0480. The van der Waals surface area contributed by atoms with Crippen LogP contribution in [0, 0.1) is 0 Å². The van der Waals surface area contributed by atoms with Crippen LogP contribution >= 0.6 is 0 Å². The first-order chi connectivity index (χ1) is 9.20. The zero-order valence-corrected chi connectivity index (χ0v) is 10.9. The van der Waals surface area contributed by atoms with Crippen molar-refractivity contribution >= 4 is 11.9 Å². The van der Waals surface area contributed by atoms with Gasteiger partial charge < -0.3 is 15.4 Å². The summed E-state index contributed by atoms with van der Waals surface area (Å²) in [6, 6.07) is 9.59. The molecule has 0 saturated carbocycles. The van der Waals surface area contributed by atoms with E-state index in [-0.39, 0.29) is 23.8 Å². The van der Waals surface area contributed by atoms with Crippen LogP contribution in [0.2, 0.25) is 0 Å². The lowest BCUT2D eigenvalue weighted by molar-refractivity contribution is -0.142. The van der Waals surface area contributed by atoms with E-state index in [2.05, 4.69) is 10.6 Å². The van der Waals surface area contributed by atoms with Gasteiger partial charge in [0.05, 0.1) is 13.0 Å². The van der Waals surface area contributed by atoms with Gasteiger partial charge >= 0.3 is 5.97 Å². The Morgan fingerprint density at radius 3 is 2.79 bits per heavy atom. The van der Waals surface area contributed by atoms with E-state index in [1.807, 2.05) is 30.3 Å². The molecule has 5 nitrogen and oxygen atoms in total. The van der Waals surface area contributed by atoms with Crippen LogP contribution in [-0.4, -0.2) is 38.1 Å². The van der Waals surface area contributed by atoms with E-state index >= 15 is 0 Å². The number of hydrogen-bond acceptors (Lipinski definition) is 4. The van der Waals surface area contributed by atoms with E-state index in [4.69, 9.17) is 4.74 Å². The fourth-order valence-corrected chi connectivity index (χ4v) is 2.20. The number of esters is 1. The average Bonchev–Trinajstić information content (AvgIpc) is 2.85. The van der Waals surface area contributed by atoms with Gasteiger partial charge in [0.25, 0.3) is 0 Å². The van der Waals surface area contributed by atoms with Crippen molar-refractivity contribution in [2.24, 2.45) is 0 Å². The van der Waals surface area contributed by atoms with E-state index in [0.29, 0.717) is 19.5 Å². The number of methoxy groups -OCH3 is 1. The van der Waals surface area contributed by atoms with Crippen molar-refractivity contribution in [2.75, 3.05) is 20.2 Å². The summed E-state index contributed by atoms with van der Waals surface area (Å²) >= 11 is 0. The maximum absolute atomic E-state index is 11.8. The molecule has 1 heterocycles. The third-order valence-electron chi connectivity index (χ3n) is 3.28. The molecule has 2 N–H and O–H groups in total. The highest BCUT2D eigenvalue weighted by atomic mass is 16.5. The maximum Gasteiger partial charge on any atom is 0.314 e. The second kappa shape index (κ2) is 6.33. The highest BCUT2D eigenvalue weighted by Gasteiger charge is 2.25. The number of carbonyl (C=O) groups excluding carboxylic acids is 2. The molecule has 2 rings (SSSR count). The zero-order valence-electron chi connectivity index (χ0n) is 10.9. The lowest BCUT2D eigenvalue weighted by Crippen LogP contribution is -2.36. The molecule has 1 saturated heterocycles. The van der Waals surface area contributed by atoms with Crippen LogP contribution in [-0.2, 0) is 14.3 Å². The molecule has 1 aliphatic heterocycles. The summed E-state index contributed by atoms with van der Waals surface area (Å²) in [6.07, 6.45) is 0.461. The van der Waals surface area contributed by atoms with E-state index in [1.54, 1.807) is 0 Å². The van der Waals surface area contributed by atoms with Crippen LogP contribution in [0.1, 0.15) is 17.9 Å². The van der Waals surface area contributed by atoms with Crippen molar-refractivity contribution in [3.8, 4) is 0 Å².